The normalized spacial score (nSPS) is 11.3. The zero-order valence-electron chi connectivity index (χ0n) is 10.4. The lowest BCUT2D eigenvalue weighted by molar-refractivity contribution is 0.273. The third-order valence-electron chi connectivity index (χ3n) is 2.79. The molecule has 0 aliphatic heterocycles. The molecule has 0 aliphatic carbocycles. The van der Waals surface area contributed by atoms with E-state index in [2.05, 4.69) is 31.1 Å². The summed E-state index contributed by atoms with van der Waals surface area (Å²) < 4.78 is 0. The summed E-state index contributed by atoms with van der Waals surface area (Å²) in [6, 6.07) is 7.91. The fourth-order valence-electron chi connectivity index (χ4n) is 1.36. The molecule has 0 unspecified atom stereocenters. The van der Waals surface area contributed by atoms with Crippen molar-refractivity contribution in [2.75, 3.05) is 20.1 Å². The van der Waals surface area contributed by atoms with Crippen molar-refractivity contribution in [1.82, 2.24) is 10.2 Å². The number of nitrogens with one attached hydrogen (secondary N) is 1. The second-order valence-electron chi connectivity index (χ2n) is 4.42. The minimum absolute atomic E-state index is 0.322. The molecule has 0 saturated carbocycles. The fourth-order valence-corrected chi connectivity index (χ4v) is 1.36. The molecule has 1 rings (SSSR count). The van der Waals surface area contributed by atoms with Gasteiger partial charge in [-0.1, -0.05) is 12.1 Å². The third-order valence-corrected chi connectivity index (χ3v) is 2.79. The SMILES string of the molecule is CC(C)N(C)CCNCc1ccc(O)cc1. The molecule has 0 saturated heterocycles. The van der Waals surface area contributed by atoms with E-state index in [1.165, 1.54) is 5.56 Å². The van der Waals surface area contributed by atoms with Crippen LogP contribution in [0.4, 0.5) is 0 Å². The maximum Gasteiger partial charge on any atom is 0.115 e. The summed E-state index contributed by atoms with van der Waals surface area (Å²) in [6.07, 6.45) is 0. The Kier molecular flexibility index (Phi) is 5.29. The predicted octanol–water partition coefficient (Wildman–Crippen LogP) is 1.82. The van der Waals surface area contributed by atoms with Gasteiger partial charge in [0.1, 0.15) is 5.75 Å². The quantitative estimate of drug-likeness (QED) is 0.721. The van der Waals surface area contributed by atoms with Crippen molar-refractivity contribution in [1.29, 1.82) is 0 Å². The highest BCUT2D eigenvalue weighted by Crippen LogP contribution is 2.08. The minimum atomic E-state index is 0.322. The maximum atomic E-state index is 9.14. The number of hydrogen-bond donors (Lipinski definition) is 2. The largest absolute Gasteiger partial charge is 0.508 e. The molecule has 2 N–H and O–H groups in total. The number of likely N-dealkylation sites (N-methyl/N-ethyl adjacent to an activating group) is 1. The maximum absolute atomic E-state index is 9.14. The standard InChI is InChI=1S/C13H22N2O/c1-11(2)15(3)9-8-14-10-12-4-6-13(16)7-5-12/h4-7,11,14,16H,8-10H2,1-3H3. The van der Waals surface area contributed by atoms with Crippen molar-refractivity contribution in [3.63, 3.8) is 0 Å². The van der Waals surface area contributed by atoms with Crippen LogP contribution in [-0.2, 0) is 6.54 Å². The summed E-state index contributed by atoms with van der Waals surface area (Å²) in [4.78, 5) is 2.31. The van der Waals surface area contributed by atoms with Crippen LogP contribution in [0.2, 0.25) is 0 Å². The first kappa shape index (κ1) is 13.0. The lowest BCUT2D eigenvalue weighted by Gasteiger charge is -2.20. The van der Waals surface area contributed by atoms with Crippen molar-refractivity contribution >= 4 is 0 Å². The minimum Gasteiger partial charge on any atom is -0.508 e. The first-order chi connectivity index (χ1) is 7.59. The van der Waals surface area contributed by atoms with Crippen LogP contribution in [0.5, 0.6) is 5.75 Å². The molecule has 3 nitrogen and oxygen atoms in total. The van der Waals surface area contributed by atoms with Gasteiger partial charge >= 0.3 is 0 Å². The van der Waals surface area contributed by atoms with E-state index in [9.17, 15) is 0 Å². The van der Waals surface area contributed by atoms with Crippen molar-refractivity contribution in [3.05, 3.63) is 29.8 Å². The second kappa shape index (κ2) is 6.51. The van der Waals surface area contributed by atoms with E-state index in [0.29, 0.717) is 11.8 Å². The predicted molar refractivity (Wildman–Crippen MR) is 67.6 cm³/mol. The van der Waals surface area contributed by atoms with Gasteiger partial charge in [0, 0.05) is 25.7 Å². The highest BCUT2D eigenvalue weighted by molar-refractivity contribution is 5.25. The van der Waals surface area contributed by atoms with Gasteiger partial charge in [0.05, 0.1) is 0 Å². The van der Waals surface area contributed by atoms with Crippen LogP contribution in [-0.4, -0.2) is 36.2 Å². The molecule has 1 aromatic rings. The molecule has 0 radical (unpaired) electrons. The number of rotatable bonds is 6. The van der Waals surface area contributed by atoms with Gasteiger partial charge < -0.3 is 15.3 Å². The number of phenols is 1. The molecule has 0 heterocycles. The topological polar surface area (TPSA) is 35.5 Å². The van der Waals surface area contributed by atoms with Crippen molar-refractivity contribution in [2.24, 2.45) is 0 Å². The van der Waals surface area contributed by atoms with Crippen LogP contribution in [0.15, 0.2) is 24.3 Å². The molecule has 0 atom stereocenters. The van der Waals surface area contributed by atoms with Gasteiger partial charge in [0.15, 0.2) is 0 Å². The average Bonchev–Trinajstić information content (AvgIpc) is 2.26. The molecular weight excluding hydrogens is 200 g/mol. The van der Waals surface area contributed by atoms with Crippen LogP contribution >= 0.6 is 0 Å². The molecule has 3 heteroatoms. The van der Waals surface area contributed by atoms with Crippen LogP contribution in [0.25, 0.3) is 0 Å². The van der Waals surface area contributed by atoms with Crippen LogP contribution < -0.4 is 5.32 Å². The highest BCUT2D eigenvalue weighted by Gasteiger charge is 2.01. The Morgan fingerprint density at radius 3 is 2.44 bits per heavy atom. The number of phenolic OH excluding ortho intramolecular Hbond substituents is 1. The van der Waals surface area contributed by atoms with Gasteiger partial charge in [-0.25, -0.2) is 0 Å². The molecule has 0 bridgehead atoms. The van der Waals surface area contributed by atoms with E-state index in [-0.39, 0.29) is 0 Å². The molecule has 0 spiro atoms. The summed E-state index contributed by atoms with van der Waals surface area (Å²) in [5.41, 5.74) is 1.20. The fraction of sp³-hybridized carbons (Fsp3) is 0.538. The monoisotopic (exact) mass is 222 g/mol. The Bertz CT molecular complexity index is 295. The summed E-state index contributed by atoms with van der Waals surface area (Å²) in [7, 11) is 2.13. The van der Waals surface area contributed by atoms with E-state index in [1.807, 2.05) is 12.1 Å². The first-order valence-electron chi connectivity index (χ1n) is 5.78. The third kappa shape index (κ3) is 4.64. The van der Waals surface area contributed by atoms with Crippen LogP contribution in [0.3, 0.4) is 0 Å². The number of hydrogen-bond acceptors (Lipinski definition) is 3. The molecule has 90 valence electrons. The van der Waals surface area contributed by atoms with Crippen molar-refractivity contribution < 1.29 is 5.11 Å². The summed E-state index contributed by atoms with van der Waals surface area (Å²) in [5, 5.41) is 12.5. The Morgan fingerprint density at radius 2 is 1.88 bits per heavy atom. The lowest BCUT2D eigenvalue weighted by Crippen LogP contribution is -2.33. The average molecular weight is 222 g/mol. The molecule has 16 heavy (non-hydrogen) atoms. The smallest absolute Gasteiger partial charge is 0.115 e. The van der Waals surface area contributed by atoms with Crippen LogP contribution in [0.1, 0.15) is 19.4 Å². The lowest BCUT2D eigenvalue weighted by atomic mass is 10.2. The number of benzene rings is 1. The van der Waals surface area contributed by atoms with Gasteiger partial charge in [-0.3, -0.25) is 0 Å². The summed E-state index contributed by atoms with van der Waals surface area (Å²) in [5.74, 6) is 0.322. The van der Waals surface area contributed by atoms with Crippen molar-refractivity contribution in [3.8, 4) is 5.75 Å². The Labute approximate surface area is 98.1 Å². The Balaban J connectivity index is 2.18. The zero-order valence-corrected chi connectivity index (χ0v) is 10.4. The van der Waals surface area contributed by atoms with E-state index in [1.54, 1.807) is 12.1 Å². The molecule has 1 aromatic carbocycles. The first-order valence-corrected chi connectivity index (χ1v) is 5.78. The van der Waals surface area contributed by atoms with E-state index in [0.717, 1.165) is 19.6 Å². The van der Waals surface area contributed by atoms with E-state index < -0.39 is 0 Å². The van der Waals surface area contributed by atoms with Gasteiger partial charge in [-0.15, -0.1) is 0 Å². The number of aromatic hydroxyl groups is 1. The van der Waals surface area contributed by atoms with Gasteiger partial charge in [0.25, 0.3) is 0 Å². The summed E-state index contributed by atoms with van der Waals surface area (Å²) in [6.45, 7) is 7.28. The Morgan fingerprint density at radius 1 is 1.25 bits per heavy atom. The molecule has 0 fully saturated rings. The highest BCUT2D eigenvalue weighted by atomic mass is 16.3. The number of nitrogens with zero attached hydrogens (tertiary/aromatic N) is 1. The van der Waals surface area contributed by atoms with E-state index >= 15 is 0 Å². The second-order valence-corrected chi connectivity index (χ2v) is 4.42. The van der Waals surface area contributed by atoms with Gasteiger partial charge in [0.2, 0.25) is 0 Å². The summed E-state index contributed by atoms with van der Waals surface area (Å²) >= 11 is 0. The van der Waals surface area contributed by atoms with Gasteiger partial charge in [-0.05, 0) is 38.6 Å². The zero-order chi connectivity index (χ0) is 12.0. The van der Waals surface area contributed by atoms with E-state index in [4.69, 9.17) is 5.11 Å². The van der Waals surface area contributed by atoms with Gasteiger partial charge in [-0.2, -0.15) is 0 Å². The molecule has 0 amide bonds. The Hall–Kier alpha value is -1.06. The van der Waals surface area contributed by atoms with Crippen LogP contribution in [0, 0.1) is 0 Å². The van der Waals surface area contributed by atoms with Crippen molar-refractivity contribution in [2.45, 2.75) is 26.4 Å². The molecule has 0 aliphatic rings. The molecule has 0 aromatic heterocycles. The molecular formula is C13H22N2O.